The SMILES string of the molecule is NNc1ncc(S(=O)(=O)NCc2cscn2)cn1. The number of sulfonamides is 1. The number of nitrogens with two attached hydrogens (primary N) is 1. The molecular formula is C8H10N6O2S2. The molecule has 0 aromatic carbocycles. The van der Waals surface area contributed by atoms with Crippen molar-refractivity contribution in [2.24, 2.45) is 5.84 Å². The Kier molecular flexibility index (Phi) is 3.81. The summed E-state index contributed by atoms with van der Waals surface area (Å²) < 4.78 is 26.1. The van der Waals surface area contributed by atoms with Gasteiger partial charge in [-0.3, -0.25) is 5.43 Å². The Morgan fingerprint density at radius 3 is 2.56 bits per heavy atom. The second-order valence-corrected chi connectivity index (χ2v) is 5.68. The summed E-state index contributed by atoms with van der Waals surface area (Å²) >= 11 is 1.40. The second-order valence-electron chi connectivity index (χ2n) is 3.19. The number of aromatic nitrogens is 3. The molecule has 0 radical (unpaired) electrons. The highest BCUT2D eigenvalue weighted by molar-refractivity contribution is 7.89. The van der Waals surface area contributed by atoms with Gasteiger partial charge in [-0.25, -0.2) is 33.9 Å². The van der Waals surface area contributed by atoms with Gasteiger partial charge >= 0.3 is 0 Å². The van der Waals surface area contributed by atoms with Gasteiger partial charge in [-0.05, 0) is 0 Å². The van der Waals surface area contributed by atoms with E-state index in [1.165, 1.54) is 23.7 Å². The van der Waals surface area contributed by atoms with Crippen LogP contribution in [0, 0.1) is 0 Å². The van der Waals surface area contributed by atoms with Crippen molar-refractivity contribution in [1.29, 1.82) is 0 Å². The molecule has 0 unspecified atom stereocenters. The number of hydrogen-bond acceptors (Lipinski definition) is 8. The molecular weight excluding hydrogens is 276 g/mol. The van der Waals surface area contributed by atoms with Crippen LogP contribution in [0.2, 0.25) is 0 Å². The molecule has 0 bridgehead atoms. The predicted molar refractivity (Wildman–Crippen MR) is 66.0 cm³/mol. The Labute approximate surface area is 107 Å². The minimum atomic E-state index is -3.64. The third-order valence-electron chi connectivity index (χ3n) is 1.99. The number of hydrazine groups is 1. The lowest BCUT2D eigenvalue weighted by molar-refractivity contribution is 0.579. The number of nitrogen functional groups attached to an aromatic ring is 1. The van der Waals surface area contributed by atoms with Crippen molar-refractivity contribution in [3.63, 3.8) is 0 Å². The van der Waals surface area contributed by atoms with E-state index < -0.39 is 10.0 Å². The molecule has 4 N–H and O–H groups in total. The Bertz CT molecular complexity index is 595. The zero-order chi connectivity index (χ0) is 13.0. The predicted octanol–water partition coefficient (Wildman–Crippen LogP) is -0.303. The molecule has 2 aromatic heterocycles. The minimum absolute atomic E-state index is 0.0308. The summed E-state index contributed by atoms with van der Waals surface area (Å²) in [5.74, 6) is 5.23. The molecule has 2 heterocycles. The molecule has 0 saturated heterocycles. The average molecular weight is 286 g/mol. The summed E-state index contributed by atoms with van der Waals surface area (Å²) in [4.78, 5) is 11.4. The molecule has 18 heavy (non-hydrogen) atoms. The zero-order valence-electron chi connectivity index (χ0n) is 9.07. The first-order valence-corrected chi connectivity index (χ1v) is 7.20. The molecule has 2 aromatic rings. The van der Waals surface area contributed by atoms with E-state index in [0.29, 0.717) is 5.69 Å². The van der Waals surface area contributed by atoms with Crippen molar-refractivity contribution < 1.29 is 8.42 Å². The molecule has 0 amide bonds. The van der Waals surface area contributed by atoms with Gasteiger partial charge in [0.25, 0.3) is 0 Å². The van der Waals surface area contributed by atoms with Crippen LogP contribution in [0.4, 0.5) is 5.95 Å². The zero-order valence-corrected chi connectivity index (χ0v) is 10.7. The molecule has 0 aliphatic rings. The first-order chi connectivity index (χ1) is 8.62. The third kappa shape index (κ3) is 2.98. The molecule has 8 nitrogen and oxygen atoms in total. The Balaban J connectivity index is 2.09. The second kappa shape index (κ2) is 5.35. The van der Waals surface area contributed by atoms with Crippen molar-refractivity contribution in [3.8, 4) is 0 Å². The number of rotatable bonds is 5. The van der Waals surface area contributed by atoms with Gasteiger partial charge in [-0.15, -0.1) is 11.3 Å². The van der Waals surface area contributed by atoms with Crippen LogP contribution >= 0.6 is 11.3 Å². The average Bonchev–Trinajstić information content (AvgIpc) is 2.90. The lowest BCUT2D eigenvalue weighted by atomic mass is 10.5. The quantitative estimate of drug-likeness (QED) is 0.509. The summed E-state index contributed by atoms with van der Waals surface area (Å²) in [6, 6.07) is 0. The third-order valence-corrected chi connectivity index (χ3v) is 3.99. The number of hydrogen-bond donors (Lipinski definition) is 3. The van der Waals surface area contributed by atoms with E-state index >= 15 is 0 Å². The van der Waals surface area contributed by atoms with Gasteiger partial charge in [0.2, 0.25) is 16.0 Å². The van der Waals surface area contributed by atoms with Crippen LogP contribution in [0.25, 0.3) is 0 Å². The van der Waals surface area contributed by atoms with E-state index in [1.807, 2.05) is 0 Å². The number of thiazole rings is 1. The fraction of sp³-hybridized carbons (Fsp3) is 0.125. The van der Waals surface area contributed by atoms with E-state index in [0.717, 1.165) is 0 Å². The molecule has 0 saturated carbocycles. The fourth-order valence-corrected chi connectivity index (χ4v) is 2.55. The lowest BCUT2D eigenvalue weighted by Crippen LogP contribution is -2.24. The summed E-state index contributed by atoms with van der Waals surface area (Å²) in [5.41, 5.74) is 4.50. The van der Waals surface area contributed by atoms with Crippen LogP contribution in [0.15, 0.2) is 28.2 Å². The van der Waals surface area contributed by atoms with Gasteiger partial charge in [-0.1, -0.05) is 0 Å². The van der Waals surface area contributed by atoms with E-state index in [-0.39, 0.29) is 17.4 Å². The lowest BCUT2D eigenvalue weighted by Gasteiger charge is -2.05. The first kappa shape index (κ1) is 12.8. The van der Waals surface area contributed by atoms with Crippen LogP contribution in [0.1, 0.15) is 5.69 Å². The largest absolute Gasteiger partial charge is 0.292 e. The highest BCUT2D eigenvalue weighted by Crippen LogP contribution is 2.08. The molecule has 0 aliphatic heterocycles. The highest BCUT2D eigenvalue weighted by atomic mass is 32.2. The number of nitrogens with one attached hydrogen (secondary N) is 2. The van der Waals surface area contributed by atoms with Gasteiger partial charge in [0.15, 0.2) is 0 Å². The van der Waals surface area contributed by atoms with Gasteiger partial charge in [0, 0.05) is 5.38 Å². The molecule has 0 atom stereocenters. The summed E-state index contributed by atoms with van der Waals surface area (Å²) in [5, 5.41) is 1.76. The van der Waals surface area contributed by atoms with E-state index in [4.69, 9.17) is 5.84 Å². The topological polar surface area (TPSA) is 123 Å². The summed E-state index contributed by atoms with van der Waals surface area (Å²) in [6.07, 6.45) is 2.34. The van der Waals surface area contributed by atoms with Crippen LogP contribution in [-0.4, -0.2) is 23.4 Å². The van der Waals surface area contributed by atoms with Crippen LogP contribution < -0.4 is 16.0 Å². The summed E-state index contributed by atoms with van der Waals surface area (Å²) in [7, 11) is -3.64. The summed E-state index contributed by atoms with van der Waals surface area (Å²) in [6.45, 7) is 0.128. The van der Waals surface area contributed by atoms with Crippen molar-refractivity contribution in [2.75, 3.05) is 5.43 Å². The van der Waals surface area contributed by atoms with Crippen molar-refractivity contribution in [2.45, 2.75) is 11.4 Å². The van der Waals surface area contributed by atoms with Crippen molar-refractivity contribution in [1.82, 2.24) is 19.7 Å². The van der Waals surface area contributed by atoms with Gasteiger partial charge in [0.05, 0.1) is 30.1 Å². The van der Waals surface area contributed by atoms with Crippen LogP contribution in [0.3, 0.4) is 0 Å². The van der Waals surface area contributed by atoms with Gasteiger partial charge in [0.1, 0.15) is 4.90 Å². The molecule has 0 fully saturated rings. The standard InChI is InChI=1S/C8H10N6O2S2/c9-14-8-10-2-7(3-11-8)18(15,16)13-1-6-4-17-5-12-6/h2-5,13H,1,9H2,(H,10,11,14). The smallest absolute Gasteiger partial charge is 0.244 e. The Morgan fingerprint density at radius 2 is 2.00 bits per heavy atom. The van der Waals surface area contributed by atoms with Crippen molar-refractivity contribution in [3.05, 3.63) is 29.0 Å². The van der Waals surface area contributed by atoms with E-state index in [9.17, 15) is 8.42 Å². The van der Waals surface area contributed by atoms with Gasteiger partial charge in [-0.2, -0.15) is 0 Å². The molecule has 2 rings (SSSR count). The first-order valence-electron chi connectivity index (χ1n) is 4.77. The Hall–Kier alpha value is -1.62. The number of anilines is 1. The highest BCUT2D eigenvalue weighted by Gasteiger charge is 2.15. The molecule has 0 spiro atoms. The van der Waals surface area contributed by atoms with E-state index in [2.05, 4.69) is 25.1 Å². The van der Waals surface area contributed by atoms with Crippen LogP contribution in [-0.2, 0) is 16.6 Å². The normalized spacial score (nSPS) is 11.4. The maximum Gasteiger partial charge on any atom is 0.244 e. The maximum absolute atomic E-state index is 11.9. The fourth-order valence-electron chi connectivity index (χ4n) is 1.11. The monoisotopic (exact) mass is 286 g/mol. The van der Waals surface area contributed by atoms with E-state index in [1.54, 1.807) is 10.9 Å². The Morgan fingerprint density at radius 1 is 1.28 bits per heavy atom. The van der Waals surface area contributed by atoms with Crippen LogP contribution in [0.5, 0.6) is 0 Å². The maximum atomic E-state index is 11.9. The van der Waals surface area contributed by atoms with Gasteiger partial charge < -0.3 is 0 Å². The molecule has 10 heteroatoms. The molecule has 96 valence electrons. The molecule has 0 aliphatic carbocycles. The van der Waals surface area contributed by atoms with Crippen molar-refractivity contribution >= 4 is 27.3 Å². The minimum Gasteiger partial charge on any atom is -0.292 e. The number of nitrogens with zero attached hydrogens (tertiary/aromatic N) is 3.